The highest BCUT2D eigenvalue weighted by molar-refractivity contribution is 5.83. The van der Waals surface area contributed by atoms with E-state index in [0.717, 1.165) is 18.6 Å². The average molecular weight is 198 g/mol. The standard InChI is InChI=1S/C13H14N2/c1-9-3-4-14-13-6-11-8-15(2)7-10(11)5-12(9)13/h3-6H,7-8H2,1-2H3. The van der Waals surface area contributed by atoms with E-state index in [2.05, 4.69) is 42.1 Å². The lowest BCUT2D eigenvalue weighted by Crippen LogP contribution is -2.07. The molecule has 0 amide bonds. The topological polar surface area (TPSA) is 16.1 Å². The summed E-state index contributed by atoms with van der Waals surface area (Å²) in [6.45, 7) is 4.27. The highest BCUT2D eigenvalue weighted by Gasteiger charge is 2.16. The van der Waals surface area contributed by atoms with Crippen molar-refractivity contribution >= 4 is 10.9 Å². The van der Waals surface area contributed by atoms with E-state index in [1.807, 2.05) is 6.20 Å². The van der Waals surface area contributed by atoms with Gasteiger partial charge in [-0.15, -0.1) is 0 Å². The molecule has 15 heavy (non-hydrogen) atoms. The quantitative estimate of drug-likeness (QED) is 0.646. The Balaban J connectivity index is 2.30. The molecule has 1 aromatic heterocycles. The zero-order valence-corrected chi connectivity index (χ0v) is 9.12. The van der Waals surface area contributed by atoms with E-state index in [4.69, 9.17) is 0 Å². The highest BCUT2D eigenvalue weighted by atomic mass is 15.1. The lowest BCUT2D eigenvalue weighted by atomic mass is 10.0. The maximum Gasteiger partial charge on any atom is 0.0708 e. The molecule has 1 aliphatic heterocycles. The molecule has 0 spiro atoms. The van der Waals surface area contributed by atoms with Crippen LogP contribution in [0.25, 0.3) is 10.9 Å². The fourth-order valence-electron chi connectivity index (χ4n) is 2.35. The van der Waals surface area contributed by atoms with E-state index in [1.165, 1.54) is 22.1 Å². The van der Waals surface area contributed by atoms with E-state index < -0.39 is 0 Å². The van der Waals surface area contributed by atoms with Gasteiger partial charge in [0.25, 0.3) is 0 Å². The van der Waals surface area contributed by atoms with Crippen LogP contribution in [-0.2, 0) is 13.1 Å². The number of aryl methyl sites for hydroxylation is 1. The van der Waals surface area contributed by atoms with Crippen LogP contribution >= 0.6 is 0 Å². The van der Waals surface area contributed by atoms with Gasteiger partial charge in [-0.3, -0.25) is 9.88 Å². The Hall–Kier alpha value is -1.41. The van der Waals surface area contributed by atoms with Gasteiger partial charge < -0.3 is 0 Å². The number of hydrogen-bond acceptors (Lipinski definition) is 2. The van der Waals surface area contributed by atoms with Crippen LogP contribution in [0.3, 0.4) is 0 Å². The molecule has 2 aromatic rings. The number of aromatic nitrogens is 1. The minimum absolute atomic E-state index is 1.06. The molecule has 0 N–H and O–H groups in total. The summed E-state index contributed by atoms with van der Waals surface area (Å²) in [5, 5.41) is 1.30. The summed E-state index contributed by atoms with van der Waals surface area (Å²) in [5.41, 5.74) is 5.34. The van der Waals surface area contributed by atoms with Gasteiger partial charge in [0.1, 0.15) is 0 Å². The van der Waals surface area contributed by atoms with Gasteiger partial charge in [0.15, 0.2) is 0 Å². The summed E-state index contributed by atoms with van der Waals surface area (Å²) in [5.74, 6) is 0. The van der Waals surface area contributed by atoms with Crippen molar-refractivity contribution in [2.45, 2.75) is 20.0 Å². The van der Waals surface area contributed by atoms with E-state index >= 15 is 0 Å². The Bertz CT molecular complexity index is 531. The Morgan fingerprint density at radius 3 is 2.73 bits per heavy atom. The number of pyridine rings is 1. The Morgan fingerprint density at radius 1 is 1.20 bits per heavy atom. The summed E-state index contributed by atoms with van der Waals surface area (Å²) >= 11 is 0. The van der Waals surface area contributed by atoms with Crippen LogP contribution in [0.5, 0.6) is 0 Å². The molecule has 1 aromatic carbocycles. The second-order valence-electron chi connectivity index (χ2n) is 4.44. The summed E-state index contributed by atoms with van der Waals surface area (Å²) in [6.07, 6.45) is 1.89. The number of nitrogens with zero attached hydrogens (tertiary/aromatic N) is 2. The van der Waals surface area contributed by atoms with Crippen LogP contribution in [0, 0.1) is 6.92 Å². The first kappa shape index (κ1) is 8.86. The molecule has 76 valence electrons. The van der Waals surface area contributed by atoms with Crippen LogP contribution in [0.15, 0.2) is 24.4 Å². The molecule has 3 rings (SSSR count). The van der Waals surface area contributed by atoms with Crippen LogP contribution in [0.2, 0.25) is 0 Å². The van der Waals surface area contributed by atoms with Gasteiger partial charge in [-0.05, 0) is 48.9 Å². The molecule has 2 heterocycles. The van der Waals surface area contributed by atoms with Crippen LogP contribution in [0.1, 0.15) is 16.7 Å². The fraction of sp³-hybridized carbons (Fsp3) is 0.308. The van der Waals surface area contributed by atoms with E-state index in [0.29, 0.717) is 0 Å². The first-order valence-corrected chi connectivity index (χ1v) is 5.30. The molecule has 2 nitrogen and oxygen atoms in total. The second kappa shape index (κ2) is 3.04. The van der Waals surface area contributed by atoms with Crippen molar-refractivity contribution in [3.05, 3.63) is 41.1 Å². The highest BCUT2D eigenvalue weighted by Crippen LogP contribution is 2.27. The lowest BCUT2D eigenvalue weighted by Gasteiger charge is -2.04. The van der Waals surface area contributed by atoms with E-state index in [-0.39, 0.29) is 0 Å². The number of rotatable bonds is 0. The van der Waals surface area contributed by atoms with Crippen molar-refractivity contribution in [2.75, 3.05) is 7.05 Å². The van der Waals surface area contributed by atoms with Crippen molar-refractivity contribution in [1.82, 2.24) is 9.88 Å². The number of fused-ring (bicyclic) bond motifs is 2. The molecule has 0 aliphatic carbocycles. The predicted molar refractivity (Wildman–Crippen MR) is 61.7 cm³/mol. The van der Waals surface area contributed by atoms with E-state index in [9.17, 15) is 0 Å². The van der Waals surface area contributed by atoms with Gasteiger partial charge in [0.05, 0.1) is 5.52 Å². The summed E-state index contributed by atoms with van der Waals surface area (Å²) < 4.78 is 0. The third kappa shape index (κ3) is 1.33. The monoisotopic (exact) mass is 198 g/mol. The molecule has 2 heteroatoms. The van der Waals surface area contributed by atoms with Crippen molar-refractivity contribution in [1.29, 1.82) is 0 Å². The minimum atomic E-state index is 1.06. The molecule has 1 aliphatic rings. The SMILES string of the molecule is Cc1ccnc2cc3c(cc12)CN(C)C3. The minimum Gasteiger partial charge on any atom is -0.298 e. The van der Waals surface area contributed by atoms with Crippen molar-refractivity contribution < 1.29 is 0 Å². The number of hydrogen-bond donors (Lipinski definition) is 0. The third-order valence-corrected chi connectivity index (χ3v) is 3.16. The normalized spacial score (nSPS) is 15.9. The van der Waals surface area contributed by atoms with Crippen LogP contribution < -0.4 is 0 Å². The van der Waals surface area contributed by atoms with E-state index in [1.54, 1.807) is 0 Å². The summed E-state index contributed by atoms with van der Waals surface area (Å²) in [7, 11) is 2.16. The third-order valence-electron chi connectivity index (χ3n) is 3.16. The molecular weight excluding hydrogens is 184 g/mol. The molecule has 0 radical (unpaired) electrons. The smallest absolute Gasteiger partial charge is 0.0708 e. The number of benzene rings is 1. The van der Waals surface area contributed by atoms with Gasteiger partial charge in [-0.25, -0.2) is 0 Å². The molecule has 0 fully saturated rings. The largest absolute Gasteiger partial charge is 0.298 e. The molecule has 0 saturated carbocycles. The first-order chi connectivity index (χ1) is 7.24. The van der Waals surface area contributed by atoms with Gasteiger partial charge >= 0.3 is 0 Å². The first-order valence-electron chi connectivity index (χ1n) is 5.30. The van der Waals surface area contributed by atoms with Crippen molar-refractivity contribution in [3.8, 4) is 0 Å². The molecule has 0 atom stereocenters. The molecular formula is C13H14N2. The Labute approximate surface area is 89.5 Å². The zero-order chi connectivity index (χ0) is 10.4. The summed E-state index contributed by atoms with van der Waals surface area (Å²) in [4.78, 5) is 6.76. The average Bonchev–Trinajstić information content (AvgIpc) is 2.55. The van der Waals surface area contributed by atoms with Crippen LogP contribution in [-0.4, -0.2) is 16.9 Å². The second-order valence-corrected chi connectivity index (χ2v) is 4.44. The van der Waals surface area contributed by atoms with Gasteiger partial charge in [0, 0.05) is 24.7 Å². The van der Waals surface area contributed by atoms with Crippen LogP contribution in [0.4, 0.5) is 0 Å². The van der Waals surface area contributed by atoms with Crippen molar-refractivity contribution in [2.24, 2.45) is 0 Å². The van der Waals surface area contributed by atoms with Crippen molar-refractivity contribution in [3.63, 3.8) is 0 Å². The molecule has 0 unspecified atom stereocenters. The van der Waals surface area contributed by atoms with Gasteiger partial charge in [-0.2, -0.15) is 0 Å². The maximum absolute atomic E-state index is 4.43. The molecule has 0 bridgehead atoms. The van der Waals surface area contributed by atoms with Gasteiger partial charge in [-0.1, -0.05) is 0 Å². The Kier molecular flexibility index (Phi) is 1.80. The maximum atomic E-state index is 4.43. The fourth-order valence-corrected chi connectivity index (χ4v) is 2.35. The predicted octanol–water partition coefficient (Wildman–Crippen LogP) is 2.49. The Morgan fingerprint density at radius 2 is 1.93 bits per heavy atom. The molecule has 0 saturated heterocycles. The lowest BCUT2D eigenvalue weighted by molar-refractivity contribution is 0.353. The van der Waals surface area contributed by atoms with Gasteiger partial charge in [0.2, 0.25) is 0 Å². The zero-order valence-electron chi connectivity index (χ0n) is 9.12. The summed E-state index contributed by atoms with van der Waals surface area (Å²) in [6, 6.07) is 6.62.